The molecule has 26 heavy (non-hydrogen) atoms. The van der Waals surface area contributed by atoms with Crippen molar-refractivity contribution >= 4 is 5.91 Å². The van der Waals surface area contributed by atoms with Gasteiger partial charge in [0.25, 0.3) is 0 Å². The van der Waals surface area contributed by atoms with Crippen molar-refractivity contribution in [3.63, 3.8) is 0 Å². The minimum absolute atomic E-state index is 0.0354. The van der Waals surface area contributed by atoms with E-state index in [4.69, 9.17) is 14.5 Å². The van der Waals surface area contributed by atoms with Crippen LogP contribution in [0.5, 0.6) is 0 Å². The van der Waals surface area contributed by atoms with Crippen LogP contribution in [-0.4, -0.2) is 71.7 Å². The van der Waals surface area contributed by atoms with Gasteiger partial charge >= 0.3 is 0 Å². The maximum atomic E-state index is 12.4. The molecule has 0 bridgehead atoms. The van der Waals surface area contributed by atoms with Crippen LogP contribution in [0.4, 0.5) is 0 Å². The first-order valence-corrected chi connectivity index (χ1v) is 9.73. The van der Waals surface area contributed by atoms with Gasteiger partial charge in [0.15, 0.2) is 0 Å². The molecule has 2 atom stereocenters. The zero-order valence-corrected chi connectivity index (χ0v) is 15.5. The highest BCUT2D eigenvalue weighted by atomic mass is 16.5. The van der Waals surface area contributed by atoms with Crippen LogP contribution in [0, 0.1) is 0 Å². The Balaban J connectivity index is 1.31. The van der Waals surface area contributed by atoms with Crippen molar-refractivity contribution in [1.29, 1.82) is 0 Å². The number of amides is 1. The summed E-state index contributed by atoms with van der Waals surface area (Å²) in [6.07, 6.45) is 7.31. The second-order valence-electron chi connectivity index (χ2n) is 7.55. The topological polar surface area (TPSA) is 67.8 Å². The molecule has 2 saturated heterocycles. The lowest BCUT2D eigenvalue weighted by atomic mass is 10.1. The van der Waals surface area contributed by atoms with Crippen LogP contribution in [0.15, 0.2) is 6.20 Å². The molecule has 1 aromatic rings. The van der Waals surface area contributed by atoms with Gasteiger partial charge in [-0.2, -0.15) is 0 Å². The minimum Gasteiger partial charge on any atom is -0.376 e. The average Bonchev–Trinajstić information content (AvgIpc) is 3.32. The Morgan fingerprint density at radius 1 is 1.35 bits per heavy atom. The van der Waals surface area contributed by atoms with Crippen molar-refractivity contribution in [3.05, 3.63) is 23.3 Å². The van der Waals surface area contributed by atoms with E-state index in [-0.39, 0.29) is 18.6 Å². The summed E-state index contributed by atoms with van der Waals surface area (Å²) in [7, 11) is 2.14. The monoisotopic (exact) mass is 360 g/mol. The first-order valence-electron chi connectivity index (χ1n) is 9.73. The summed E-state index contributed by atoms with van der Waals surface area (Å²) >= 11 is 0. The fraction of sp³-hybridized carbons (Fsp3) is 0.737. The number of hydrogen-bond donors (Lipinski definition) is 0. The lowest BCUT2D eigenvalue weighted by Crippen LogP contribution is -2.39. The number of aromatic nitrogens is 2. The third-order valence-electron chi connectivity index (χ3n) is 5.68. The zero-order valence-electron chi connectivity index (χ0n) is 15.5. The van der Waals surface area contributed by atoms with E-state index in [1.165, 1.54) is 6.42 Å². The first kappa shape index (κ1) is 17.8. The van der Waals surface area contributed by atoms with Gasteiger partial charge in [0.2, 0.25) is 5.91 Å². The van der Waals surface area contributed by atoms with Gasteiger partial charge in [0.05, 0.1) is 24.4 Å². The Kier molecular flexibility index (Phi) is 5.47. The largest absolute Gasteiger partial charge is 0.376 e. The summed E-state index contributed by atoms with van der Waals surface area (Å²) < 4.78 is 11.1. The fourth-order valence-corrected chi connectivity index (χ4v) is 4.09. The number of hydrogen-bond acceptors (Lipinski definition) is 6. The van der Waals surface area contributed by atoms with Gasteiger partial charge in [-0.3, -0.25) is 9.69 Å². The van der Waals surface area contributed by atoms with E-state index in [2.05, 4.69) is 16.9 Å². The molecule has 0 aromatic carbocycles. The van der Waals surface area contributed by atoms with Crippen LogP contribution >= 0.6 is 0 Å². The van der Waals surface area contributed by atoms with E-state index < -0.39 is 0 Å². The summed E-state index contributed by atoms with van der Waals surface area (Å²) in [4.78, 5) is 26.0. The molecule has 0 radical (unpaired) electrons. The molecule has 0 aliphatic carbocycles. The number of carbonyl (C=O) groups is 1. The van der Waals surface area contributed by atoms with Crippen molar-refractivity contribution < 1.29 is 14.3 Å². The number of likely N-dealkylation sites (tertiary alicyclic amines) is 1. The van der Waals surface area contributed by atoms with Gasteiger partial charge in [0.1, 0.15) is 12.4 Å². The third kappa shape index (κ3) is 3.89. The smallest absolute Gasteiger partial charge is 0.248 e. The Hall–Kier alpha value is -1.57. The molecule has 3 aliphatic heterocycles. The maximum absolute atomic E-state index is 12.4. The fourth-order valence-electron chi connectivity index (χ4n) is 4.09. The molecule has 1 amide bonds. The summed E-state index contributed by atoms with van der Waals surface area (Å²) in [6.45, 7) is 3.84. The van der Waals surface area contributed by atoms with Crippen LogP contribution in [0.1, 0.15) is 48.8 Å². The average molecular weight is 360 g/mol. The Morgan fingerprint density at radius 2 is 2.27 bits per heavy atom. The lowest BCUT2D eigenvalue weighted by molar-refractivity contribution is -0.138. The van der Waals surface area contributed by atoms with E-state index in [0.29, 0.717) is 25.7 Å². The van der Waals surface area contributed by atoms with E-state index in [9.17, 15) is 4.79 Å². The van der Waals surface area contributed by atoms with Crippen molar-refractivity contribution in [1.82, 2.24) is 19.8 Å². The third-order valence-corrected chi connectivity index (χ3v) is 5.68. The van der Waals surface area contributed by atoms with Crippen LogP contribution < -0.4 is 0 Å². The summed E-state index contributed by atoms with van der Waals surface area (Å²) in [5.41, 5.74) is 2.16. The predicted octanol–water partition coefficient (Wildman–Crippen LogP) is 1.32. The van der Waals surface area contributed by atoms with Crippen LogP contribution in [-0.2, 0) is 27.2 Å². The molecule has 0 N–H and O–H groups in total. The van der Waals surface area contributed by atoms with Crippen molar-refractivity contribution in [3.8, 4) is 0 Å². The van der Waals surface area contributed by atoms with Gasteiger partial charge in [0, 0.05) is 37.9 Å². The number of fused-ring (bicyclic) bond motifs is 1. The Morgan fingerprint density at radius 3 is 3.04 bits per heavy atom. The van der Waals surface area contributed by atoms with Gasteiger partial charge in [-0.05, 0) is 39.3 Å². The SMILES string of the molecule is CN1CCC[C@H]1c1ncc2c(n1)CCN(C(=O)COC[C@@H]1CCCO1)C2. The van der Waals surface area contributed by atoms with Crippen molar-refractivity contribution in [2.75, 3.05) is 40.0 Å². The molecule has 142 valence electrons. The van der Waals surface area contributed by atoms with Gasteiger partial charge in [-0.15, -0.1) is 0 Å². The van der Waals surface area contributed by atoms with Crippen molar-refractivity contribution in [2.45, 2.75) is 50.8 Å². The number of carbonyl (C=O) groups excluding carboxylic acids is 1. The lowest BCUT2D eigenvalue weighted by Gasteiger charge is -2.29. The van der Waals surface area contributed by atoms with E-state index in [1.807, 2.05) is 11.1 Å². The van der Waals surface area contributed by atoms with Gasteiger partial charge in [-0.1, -0.05) is 0 Å². The van der Waals surface area contributed by atoms with Crippen LogP contribution in [0.25, 0.3) is 0 Å². The van der Waals surface area contributed by atoms with Gasteiger partial charge in [-0.25, -0.2) is 9.97 Å². The summed E-state index contributed by atoms with van der Waals surface area (Å²) in [5.74, 6) is 0.969. The first-order chi connectivity index (χ1) is 12.7. The predicted molar refractivity (Wildman–Crippen MR) is 95.6 cm³/mol. The zero-order chi connectivity index (χ0) is 17.9. The normalized spacial score (nSPS) is 26.3. The van der Waals surface area contributed by atoms with E-state index in [0.717, 1.165) is 55.9 Å². The molecule has 1 aromatic heterocycles. The molecule has 0 saturated carbocycles. The second kappa shape index (κ2) is 7.98. The molecule has 2 fully saturated rings. The summed E-state index contributed by atoms with van der Waals surface area (Å²) in [5, 5.41) is 0. The molecule has 7 nitrogen and oxygen atoms in total. The molecular weight excluding hydrogens is 332 g/mol. The number of ether oxygens (including phenoxy) is 2. The highest BCUT2D eigenvalue weighted by Crippen LogP contribution is 2.29. The molecule has 4 rings (SSSR count). The number of nitrogens with zero attached hydrogens (tertiary/aromatic N) is 4. The molecular formula is C19H28N4O3. The Labute approximate surface area is 154 Å². The number of rotatable bonds is 5. The quantitative estimate of drug-likeness (QED) is 0.789. The molecule has 7 heteroatoms. The maximum Gasteiger partial charge on any atom is 0.248 e. The minimum atomic E-state index is 0.0354. The van der Waals surface area contributed by atoms with Crippen LogP contribution in [0.2, 0.25) is 0 Å². The highest BCUT2D eigenvalue weighted by molar-refractivity contribution is 5.77. The van der Waals surface area contributed by atoms with Crippen LogP contribution in [0.3, 0.4) is 0 Å². The van der Waals surface area contributed by atoms with E-state index >= 15 is 0 Å². The Bertz CT molecular complexity index is 648. The van der Waals surface area contributed by atoms with Gasteiger partial charge < -0.3 is 14.4 Å². The molecule has 0 unspecified atom stereocenters. The highest BCUT2D eigenvalue weighted by Gasteiger charge is 2.28. The van der Waals surface area contributed by atoms with E-state index in [1.54, 1.807) is 0 Å². The molecule has 4 heterocycles. The molecule has 0 spiro atoms. The molecule has 3 aliphatic rings. The van der Waals surface area contributed by atoms with Crippen molar-refractivity contribution in [2.24, 2.45) is 0 Å². The summed E-state index contributed by atoms with van der Waals surface area (Å²) in [6, 6.07) is 0.339. The standard InChI is InChI=1S/C19H28N4O3/c1-22-7-2-5-17(22)19-20-10-14-11-23(8-6-16(14)21-19)18(24)13-25-12-15-4-3-9-26-15/h10,15,17H,2-9,11-13H2,1H3/t15-,17-/m0/s1. The second-order valence-corrected chi connectivity index (χ2v) is 7.55.